The van der Waals surface area contributed by atoms with Gasteiger partial charge in [0, 0.05) is 24.5 Å². The predicted molar refractivity (Wildman–Crippen MR) is 119 cm³/mol. The molecule has 3 aromatic rings. The summed E-state index contributed by atoms with van der Waals surface area (Å²) in [4.78, 5) is 24.9. The van der Waals surface area contributed by atoms with Crippen molar-refractivity contribution in [1.29, 1.82) is 5.41 Å². The number of ether oxygens (including phenoxy) is 1. The zero-order valence-corrected chi connectivity index (χ0v) is 17.6. The van der Waals surface area contributed by atoms with Crippen LogP contribution in [0.2, 0.25) is 0 Å². The Morgan fingerprint density at radius 1 is 1.23 bits per heavy atom. The quantitative estimate of drug-likeness (QED) is 0.371. The highest BCUT2D eigenvalue weighted by molar-refractivity contribution is 7.19. The average molecular weight is 440 g/mol. The van der Waals surface area contributed by atoms with Gasteiger partial charge >= 0.3 is 5.63 Å². The summed E-state index contributed by atoms with van der Waals surface area (Å²) in [5.74, 6) is -0.883. The average Bonchev–Trinajstić information content (AvgIpc) is 3.19. The topological polar surface area (TPSA) is 142 Å². The van der Waals surface area contributed by atoms with E-state index in [2.05, 4.69) is 26.1 Å². The molecule has 0 aliphatic rings. The monoisotopic (exact) mass is 440 g/mol. The van der Waals surface area contributed by atoms with Crippen molar-refractivity contribution in [2.75, 3.05) is 23.1 Å². The molecule has 10 nitrogen and oxygen atoms in total. The number of anilines is 3. The molecule has 0 aliphatic carbocycles. The van der Waals surface area contributed by atoms with Crippen LogP contribution in [0.5, 0.6) is 5.75 Å². The number of carbonyl (C=O) groups is 1. The summed E-state index contributed by atoms with van der Waals surface area (Å²) >= 11 is 1.09. The van der Waals surface area contributed by atoms with Crippen LogP contribution in [0.15, 0.2) is 57.4 Å². The molecule has 2 heterocycles. The third-order valence-electron chi connectivity index (χ3n) is 3.94. The molecule has 11 heteroatoms. The van der Waals surface area contributed by atoms with Gasteiger partial charge < -0.3 is 25.2 Å². The molecular weight excluding hydrogens is 420 g/mol. The minimum Gasteiger partial charge on any atom is -0.488 e. The van der Waals surface area contributed by atoms with Crippen molar-refractivity contribution >= 4 is 39.4 Å². The fraction of sp³-hybridized carbons (Fsp3) is 0.150. The van der Waals surface area contributed by atoms with Gasteiger partial charge in [0.25, 0.3) is 5.91 Å². The standard InChI is InChI=1S/C20H20N6O4S/c1-12(8-9-21)23-19-25-26-20(31-19)24-17(27)15-10-14(16(29-2)18(28)30-15)22-11-13-6-4-3-5-7-13/h3-10,21-22H,11H2,1-2H3,(H,23,25)(H,24,26,27)/b12-8-,21-9?. The first-order valence-electron chi connectivity index (χ1n) is 9.09. The largest absolute Gasteiger partial charge is 0.488 e. The zero-order chi connectivity index (χ0) is 22.2. The second-order valence-corrected chi connectivity index (χ2v) is 7.17. The van der Waals surface area contributed by atoms with Gasteiger partial charge in [-0.3, -0.25) is 10.1 Å². The van der Waals surface area contributed by atoms with Crippen LogP contribution in [0.1, 0.15) is 23.0 Å². The number of amides is 1. The highest BCUT2D eigenvalue weighted by Crippen LogP contribution is 2.24. The van der Waals surface area contributed by atoms with E-state index in [1.165, 1.54) is 13.2 Å². The number of benzene rings is 1. The molecule has 0 fully saturated rings. The molecule has 3 rings (SSSR count). The summed E-state index contributed by atoms with van der Waals surface area (Å²) in [6.07, 6.45) is 2.69. The molecule has 1 aromatic carbocycles. The third kappa shape index (κ3) is 5.76. The second-order valence-electron chi connectivity index (χ2n) is 6.19. The van der Waals surface area contributed by atoms with E-state index in [-0.39, 0.29) is 16.6 Å². The molecule has 2 aromatic heterocycles. The highest BCUT2D eigenvalue weighted by atomic mass is 32.1. The fourth-order valence-electron chi connectivity index (χ4n) is 2.53. The first-order chi connectivity index (χ1) is 15.0. The first-order valence-corrected chi connectivity index (χ1v) is 9.91. The van der Waals surface area contributed by atoms with Gasteiger partial charge in [-0.25, -0.2) is 4.79 Å². The Bertz CT molecular complexity index is 1160. The molecule has 0 saturated carbocycles. The molecular formula is C20H20N6O4S. The predicted octanol–water partition coefficient (Wildman–Crippen LogP) is 3.33. The lowest BCUT2D eigenvalue weighted by Crippen LogP contribution is -2.17. The summed E-state index contributed by atoms with van der Waals surface area (Å²) in [7, 11) is 1.35. The van der Waals surface area contributed by atoms with E-state index in [1.807, 2.05) is 30.3 Å². The van der Waals surface area contributed by atoms with Gasteiger partial charge in [0.1, 0.15) is 0 Å². The summed E-state index contributed by atoms with van der Waals surface area (Å²) in [5.41, 5.74) is 1.24. The number of hydrogen-bond donors (Lipinski definition) is 4. The Morgan fingerprint density at radius 3 is 2.61 bits per heavy atom. The number of carbonyl (C=O) groups excluding carboxylic acids is 1. The Morgan fingerprint density at radius 2 is 1.94 bits per heavy atom. The van der Waals surface area contributed by atoms with Gasteiger partial charge in [0.2, 0.25) is 16.0 Å². The molecule has 0 bridgehead atoms. The lowest BCUT2D eigenvalue weighted by atomic mass is 10.2. The SMILES string of the molecule is COc1c(NCc2ccccc2)cc(C(=O)Nc2nnc(N/C(C)=C\C=N)s2)oc1=O. The second kappa shape index (κ2) is 10.2. The molecule has 31 heavy (non-hydrogen) atoms. The Labute approximate surface area is 181 Å². The van der Waals surface area contributed by atoms with Crippen LogP contribution >= 0.6 is 11.3 Å². The van der Waals surface area contributed by atoms with Gasteiger partial charge in [0.05, 0.1) is 12.8 Å². The highest BCUT2D eigenvalue weighted by Gasteiger charge is 2.18. The number of rotatable bonds is 9. The molecule has 0 aliphatic heterocycles. The van der Waals surface area contributed by atoms with E-state index in [0.717, 1.165) is 23.1 Å². The molecule has 0 unspecified atom stereocenters. The van der Waals surface area contributed by atoms with Gasteiger partial charge in [0.15, 0.2) is 5.76 Å². The minimum absolute atomic E-state index is 0.0247. The van der Waals surface area contributed by atoms with Crippen LogP contribution < -0.4 is 26.3 Å². The summed E-state index contributed by atoms with van der Waals surface area (Å²) in [6.45, 7) is 2.19. The molecule has 0 atom stereocenters. The molecule has 0 spiro atoms. The Hall–Kier alpha value is -3.99. The summed E-state index contributed by atoms with van der Waals surface area (Å²) < 4.78 is 10.2. The maximum absolute atomic E-state index is 12.6. The first kappa shape index (κ1) is 21.7. The summed E-state index contributed by atoms with van der Waals surface area (Å²) in [6, 6.07) is 11.0. The van der Waals surface area contributed by atoms with Crippen molar-refractivity contribution in [3.05, 3.63) is 69.9 Å². The van der Waals surface area contributed by atoms with E-state index in [1.54, 1.807) is 13.0 Å². The van der Waals surface area contributed by atoms with Crippen LogP contribution in [-0.4, -0.2) is 29.4 Å². The summed E-state index contributed by atoms with van der Waals surface area (Å²) in [5, 5.41) is 24.1. The van der Waals surface area contributed by atoms with E-state index < -0.39 is 11.5 Å². The van der Waals surface area contributed by atoms with Crippen molar-refractivity contribution in [1.82, 2.24) is 10.2 Å². The molecule has 0 radical (unpaired) electrons. The Balaban J connectivity index is 1.76. The van der Waals surface area contributed by atoms with E-state index >= 15 is 0 Å². The molecule has 160 valence electrons. The number of nitrogens with zero attached hydrogens (tertiary/aromatic N) is 2. The van der Waals surface area contributed by atoms with Gasteiger partial charge in [-0.15, -0.1) is 10.2 Å². The molecule has 1 amide bonds. The van der Waals surface area contributed by atoms with Crippen LogP contribution in [-0.2, 0) is 6.54 Å². The van der Waals surface area contributed by atoms with Crippen molar-refractivity contribution < 1.29 is 13.9 Å². The minimum atomic E-state index is -0.780. The van der Waals surface area contributed by atoms with Crippen LogP contribution in [0, 0.1) is 5.41 Å². The zero-order valence-electron chi connectivity index (χ0n) is 16.8. The van der Waals surface area contributed by atoms with E-state index in [9.17, 15) is 9.59 Å². The maximum atomic E-state index is 12.6. The van der Waals surface area contributed by atoms with Crippen molar-refractivity contribution in [3.8, 4) is 5.75 Å². The Kier molecular flexibility index (Phi) is 7.12. The fourth-order valence-corrected chi connectivity index (χ4v) is 3.23. The number of aromatic nitrogens is 2. The van der Waals surface area contributed by atoms with Gasteiger partial charge in [-0.2, -0.15) is 0 Å². The van der Waals surface area contributed by atoms with Crippen LogP contribution in [0.25, 0.3) is 0 Å². The van der Waals surface area contributed by atoms with Gasteiger partial charge in [-0.1, -0.05) is 41.7 Å². The number of nitrogens with one attached hydrogen (secondary N) is 4. The normalized spacial score (nSPS) is 11.0. The van der Waals surface area contributed by atoms with E-state index in [0.29, 0.717) is 23.1 Å². The van der Waals surface area contributed by atoms with Crippen molar-refractivity contribution in [2.24, 2.45) is 0 Å². The van der Waals surface area contributed by atoms with Crippen LogP contribution in [0.4, 0.5) is 16.0 Å². The maximum Gasteiger partial charge on any atom is 0.381 e. The molecule has 0 saturated heterocycles. The smallest absolute Gasteiger partial charge is 0.381 e. The lowest BCUT2D eigenvalue weighted by molar-refractivity contribution is 0.0991. The van der Waals surface area contributed by atoms with Gasteiger partial charge in [-0.05, 0) is 18.6 Å². The van der Waals surface area contributed by atoms with E-state index in [4.69, 9.17) is 14.6 Å². The number of hydrogen-bond acceptors (Lipinski definition) is 10. The van der Waals surface area contributed by atoms with Crippen LogP contribution in [0.3, 0.4) is 0 Å². The third-order valence-corrected chi connectivity index (χ3v) is 4.70. The number of methoxy groups -OCH3 is 1. The van der Waals surface area contributed by atoms with Crippen molar-refractivity contribution in [3.63, 3.8) is 0 Å². The molecule has 4 N–H and O–H groups in total. The lowest BCUT2D eigenvalue weighted by Gasteiger charge is -2.11. The number of allylic oxidation sites excluding steroid dienone is 2. The van der Waals surface area contributed by atoms with Crippen molar-refractivity contribution in [2.45, 2.75) is 13.5 Å².